The first kappa shape index (κ1) is 20.9. The number of rotatable bonds is 6. The van der Waals surface area contributed by atoms with Crippen LogP contribution in [0.25, 0.3) is 0 Å². The molecule has 3 rings (SSSR count). The fraction of sp³-hybridized carbons (Fsp3) is 0.250. The quantitative estimate of drug-likeness (QED) is 0.677. The lowest BCUT2D eigenvalue weighted by molar-refractivity contribution is 0.0735. The average molecular weight is 439 g/mol. The molecule has 5 nitrogen and oxygen atoms in total. The fourth-order valence-electron chi connectivity index (χ4n) is 3.29. The van der Waals surface area contributed by atoms with Gasteiger partial charge in [-0.2, -0.15) is 0 Å². The van der Waals surface area contributed by atoms with Gasteiger partial charge < -0.3 is 4.90 Å². The van der Waals surface area contributed by atoms with E-state index < -0.39 is 10.0 Å². The lowest BCUT2D eigenvalue weighted by Crippen LogP contribution is -2.31. The van der Waals surface area contributed by atoms with Gasteiger partial charge in [-0.1, -0.05) is 41.4 Å². The van der Waals surface area contributed by atoms with E-state index in [1.165, 1.54) is 18.2 Å². The number of amides is 1. The second kappa shape index (κ2) is 8.66. The summed E-state index contributed by atoms with van der Waals surface area (Å²) in [5.41, 5.74) is 1.24. The summed E-state index contributed by atoms with van der Waals surface area (Å²) < 4.78 is 27.1. The standard InChI is InChI=1S/C20H20Cl2N2O3S/c1-2-10-23-28(26,27)16-6-3-5-15(12-16)20(25)24-11-4-7-19(24)14-8-9-17(21)18(22)13-14/h2-3,5-6,8-9,12-13,19,23H,1,4,7,10-11H2. The molecule has 1 saturated heterocycles. The Morgan fingerprint density at radius 3 is 2.71 bits per heavy atom. The first-order valence-corrected chi connectivity index (χ1v) is 11.0. The highest BCUT2D eigenvalue weighted by molar-refractivity contribution is 7.89. The normalized spacial score (nSPS) is 16.9. The highest BCUT2D eigenvalue weighted by Gasteiger charge is 2.31. The molecule has 1 fully saturated rings. The van der Waals surface area contributed by atoms with Crippen molar-refractivity contribution >= 4 is 39.1 Å². The van der Waals surface area contributed by atoms with E-state index >= 15 is 0 Å². The van der Waals surface area contributed by atoms with E-state index in [4.69, 9.17) is 23.2 Å². The molecule has 2 aromatic carbocycles. The second-order valence-electron chi connectivity index (χ2n) is 6.50. The van der Waals surface area contributed by atoms with Crippen LogP contribution in [0, 0.1) is 0 Å². The summed E-state index contributed by atoms with van der Waals surface area (Å²) in [5, 5.41) is 0.908. The van der Waals surface area contributed by atoms with Gasteiger partial charge in [0.1, 0.15) is 0 Å². The number of halogens is 2. The molecule has 1 heterocycles. The molecule has 1 aliphatic rings. The molecule has 0 bridgehead atoms. The maximum Gasteiger partial charge on any atom is 0.254 e. The number of nitrogens with zero attached hydrogens (tertiary/aromatic N) is 1. The van der Waals surface area contributed by atoms with Gasteiger partial charge in [-0.15, -0.1) is 6.58 Å². The molecule has 0 radical (unpaired) electrons. The number of nitrogens with one attached hydrogen (secondary N) is 1. The Balaban J connectivity index is 1.87. The van der Waals surface area contributed by atoms with Crippen LogP contribution >= 0.6 is 23.2 Å². The first-order valence-electron chi connectivity index (χ1n) is 8.80. The summed E-state index contributed by atoms with van der Waals surface area (Å²) in [4.78, 5) is 14.9. The Hall–Kier alpha value is -1.86. The van der Waals surface area contributed by atoms with Crippen LogP contribution in [0.4, 0.5) is 0 Å². The Labute approximate surface area is 175 Å². The third-order valence-corrected chi connectivity index (χ3v) is 6.81. The Morgan fingerprint density at radius 2 is 2.00 bits per heavy atom. The highest BCUT2D eigenvalue weighted by Crippen LogP contribution is 2.36. The van der Waals surface area contributed by atoms with Crippen molar-refractivity contribution in [3.63, 3.8) is 0 Å². The van der Waals surface area contributed by atoms with E-state index in [0.717, 1.165) is 18.4 Å². The lowest BCUT2D eigenvalue weighted by atomic mass is 10.0. The van der Waals surface area contributed by atoms with Crippen molar-refractivity contribution in [3.05, 3.63) is 76.3 Å². The lowest BCUT2D eigenvalue weighted by Gasteiger charge is -2.25. The number of likely N-dealkylation sites (tertiary alicyclic amines) is 1. The van der Waals surface area contributed by atoms with Crippen LogP contribution in [0.1, 0.15) is 34.8 Å². The van der Waals surface area contributed by atoms with Gasteiger partial charge >= 0.3 is 0 Å². The summed E-state index contributed by atoms with van der Waals surface area (Å²) in [5.74, 6) is -0.214. The Bertz CT molecular complexity index is 1010. The molecule has 0 spiro atoms. The van der Waals surface area contributed by atoms with Crippen LogP contribution in [0.3, 0.4) is 0 Å². The zero-order valence-corrected chi connectivity index (χ0v) is 17.4. The van der Waals surface area contributed by atoms with Crippen molar-refractivity contribution in [1.82, 2.24) is 9.62 Å². The van der Waals surface area contributed by atoms with E-state index in [1.54, 1.807) is 29.2 Å². The van der Waals surface area contributed by atoms with Gasteiger partial charge in [-0.25, -0.2) is 13.1 Å². The topological polar surface area (TPSA) is 66.5 Å². The SMILES string of the molecule is C=CCNS(=O)(=O)c1cccc(C(=O)N2CCCC2c2ccc(Cl)c(Cl)c2)c1. The summed E-state index contributed by atoms with van der Waals surface area (Å²) in [6, 6.07) is 11.3. The predicted octanol–water partition coefficient (Wildman–Crippen LogP) is 4.44. The maximum absolute atomic E-state index is 13.1. The summed E-state index contributed by atoms with van der Waals surface area (Å²) in [6.07, 6.45) is 3.12. The molecular formula is C20H20Cl2N2O3S. The molecular weight excluding hydrogens is 419 g/mol. The molecule has 28 heavy (non-hydrogen) atoms. The van der Waals surface area contributed by atoms with Crippen LogP contribution in [0.15, 0.2) is 60.0 Å². The van der Waals surface area contributed by atoms with E-state index in [2.05, 4.69) is 11.3 Å². The summed E-state index contributed by atoms with van der Waals surface area (Å²) >= 11 is 12.1. The highest BCUT2D eigenvalue weighted by atomic mass is 35.5. The van der Waals surface area contributed by atoms with Gasteiger partial charge in [0.2, 0.25) is 10.0 Å². The number of hydrogen-bond acceptors (Lipinski definition) is 3. The van der Waals surface area contributed by atoms with Crippen LogP contribution in [-0.4, -0.2) is 32.3 Å². The monoisotopic (exact) mass is 438 g/mol. The minimum atomic E-state index is -3.70. The van der Waals surface area contributed by atoms with Crippen LogP contribution in [-0.2, 0) is 10.0 Å². The molecule has 1 aliphatic heterocycles. The third-order valence-electron chi connectivity index (χ3n) is 4.65. The number of benzene rings is 2. The van der Waals surface area contributed by atoms with E-state index in [1.807, 2.05) is 6.07 Å². The van der Waals surface area contributed by atoms with Crippen LogP contribution in [0.5, 0.6) is 0 Å². The van der Waals surface area contributed by atoms with Crippen molar-refractivity contribution in [2.45, 2.75) is 23.8 Å². The number of carbonyl (C=O) groups is 1. The number of carbonyl (C=O) groups excluding carboxylic acids is 1. The summed E-state index contributed by atoms with van der Waals surface area (Å²) in [7, 11) is -3.70. The molecule has 1 amide bonds. The van der Waals surface area contributed by atoms with Crippen molar-refractivity contribution in [1.29, 1.82) is 0 Å². The zero-order chi connectivity index (χ0) is 20.3. The third kappa shape index (κ3) is 4.41. The predicted molar refractivity (Wildman–Crippen MR) is 111 cm³/mol. The van der Waals surface area contributed by atoms with Gasteiger partial charge in [0, 0.05) is 18.7 Å². The largest absolute Gasteiger partial charge is 0.332 e. The molecule has 1 unspecified atom stereocenters. The Kier molecular flexibility index (Phi) is 6.45. The van der Waals surface area contributed by atoms with Crippen molar-refractivity contribution in [2.75, 3.05) is 13.1 Å². The fourth-order valence-corrected chi connectivity index (χ4v) is 4.64. The molecule has 8 heteroatoms. The van der Waals surface area contributed by atoms with Crippen LogP contribution in [0.2, 0.25) is 10.0 Å². The second-order valence-corrected chi connectivity index (χ2v) is 9.08. The van der Waals surface area contributed by atoms with Gasteiger partial charge in [-0.05, 0) is 48.7 Å². The van der Waals surface area contributed by atoms with E-state index in [0.29, 0.717) is 22.2 Å². The minimum Gasteiger partial charge on any atom is -0.332 e. The summed E-state index contributed by atoms with van der Waals surface area (Å²) in [6.45, 7) is 4.21. The maximum atomic E-state index is 13.1. The van der Waals surface area contributed by atoms with Crippen LogP contribution < -0.4 is 4.72 Å². The number of hydrogen-bond donors (Lipinski definition) is 1. The van der Waals surface area contributed by atoms with Crippen molar-refractivity contribution in [3.8, 4) is 0 Å². The zero-order valence-electron chi connectivity index (χ0n) is 15.1. The Morgan fingerprint density at radius 1 is 1.21 bits per heavy atom. The smallest absolute Gasteiger partial charge is 0.254 e. The first-order chi connectivity index (χ1) is 13.3. The molecule has 148 valence electrons. The van der Waals surface area contributed by atoms with Gasteiger partial charge in [0.25, 0.3) is 5.91 Å². The van der Waals surface area contributed by atoms with Crippen molar-refractivity contribution in [2.24, 2.45) is 0 Å². The molecule has 0 saturated carbocycles. The van der Waals surface area contributed by atoms with Gasteiger partial charge in [-0.3, -0.25) is 4.79 Å². The molecule has 1 atom stereocenters. The minimum absolute atomic E-state index is 0.0467. The number of sulfonamides is 1. The van der Waals surface area contributed by atoms with Crippen molar-refractivity contribution < 1.29 is 13.2 Å². The van der Waals surface area contributed by atoms with E-state index in [9.17, 15) is 13.2 Å². The van der Waals surface area contributed by atoms with Gasteiger partial charge in [0.15, 0.2) is 0 Å². The van der Waals surface area contributed by atoms with Gasteiger partial charge in [0.05, 0.1) is 21.0 Å². The average Bonchev–Trinajstić information content (AvgIpc) is 3.18. The molecule has 2 aromatic rings. The molecule has 0 aromatic heterocycles. The van der Waals surface area contributed by atoms with E-state index in [-0.39, 0.29) is 23.4 Å². The molecule has 0 aliphatic carbocycles. The molecule has 1 N–H and O–H groups in total.